The highest BCUT2D eigenvalue weighted by molar-refractivity contribution is 9.11. The Morgan fingerprint density at radius 2 is 0.747 bits per heavy atom. The molecule has 0 bridgehead atoms. The molecule has 8 aromatic carbocycles. The smallest absolute Gasteiger partial charge is 0.200 e. The van der Waals surface area contributed by atoms with Crippen molar-refractivity contribution in [3.63, 3.8) is 0 Å². The maximum Gasteiger partial charge on any atom is 0.200 e. The second-order valence-electron chi connectivity index (χ2n) is 21.1. The van der Waals surface area contributed by atoms with Crippen LogP contribution in [0.5, 0.6) is 57.5 Å². The number of benzene rings is 8. The van der Waals surface area contributed by atoms with Gasteiger partial charge in [0.2, 0.25) is 5.43 Å². The summed E-state index contributed by atoms with van der Waals surface area (Å²) in [5.74, 6) is 2.24. The summed E-state index contributed by atoms with van der Waals surface area (Å²) in [6.45, 7) is 1.44. The van der Waals surface area contributed by atoms with Gasteiger partial charge in [0.25, 0.3) is 0 Å². The lowest BCUT2D eigenvalue weighted by atomic mass is 9.80. The van der Waals surface area contributed by atoms with Crippen LogP contribution in [0.2, 0.25) is 0 Å². The standard InChI is InChI=1S/3C17H14BrFN2O3.C14H8BrFO3/c3*1-22-10-5-12-16(13(19)6-10)24-14-3-2-9(18)4-11(14)17(12)8-23-7-15(20)21-17;1-18-8-5-10-13(17)9-4-7(15)2-3-12(9)19-14(10)11(16)6-8/h3*2-6H,7-8H2,1H3,(H2,20,21);2-6H,1H3/t2*17-;;/m10../s1. The van der Waals surface area contributed by atoms with E-state index in [0.29, 0.717) is 79.7 Å². The molecule has 6 N–H and O–H groups in total. The van der Waals surface area contributed by atoms with Gasteiger partial charge in [0, 0.05) is 75.5 Å². The number of methoxy groups -OCH3 is 4. The zero-order valence-corrected chi connectivity index (χ0v) is 54.6. The molecular formula is C65H50Br4F4N6O12. The minimum absolute atomic E-state index is 0.0550. The lowest BCUT2D eigenvalue weighted by Gasteiger charge is -2.39. The second-order valence-corrected chi connectivity index (χ2v) is 24.8. The maximum atomic E-state index is 14.6. The monoisotopic (exact) mass is 1500 g/mol. The number of hydrogen-bond donors (Lipinski definition) is 3. The minimum Gasteiger partial charge on any atom is -0.497 e. The Labute approximate surface area is 549 Å². The van der Waals surface area contributed by atoms with Crippen LogP contribution in [0.25, 0.3) is 21.9 Å². The van der Waals surface area contributed by atoms with Crippen LogP contribution in [-0.2, 0) is 30.8 Å². The molecule has 468 valence electrons. The Morgan fingerprint density at radius 3 is 1.10 bits per heavy atom. The molecule has 9 aromatic rings. The molecule has 0 saturated carbocycles. The van der Waals surface area contributed by atoms with E-state index in [1.165, 1.54) is 58.8 Å². The van der Waals surface area contributed by atoms with Crippen molar-refractivity contribution in [1.82, 2.24) is 0 Å². The number of hydrogen-bond acceptors (Lipinski definition) is 18. The fourth-order valence-corrected chi connectivity index (χ4v) is 12.9. The van der Waals surface area contributed by atoms with E-state index in [2.05, 4.69) is 78.7 Å². The molecule has 6 aliphatic heterocycles. The lowest BCUT2D eigenvalue weighted by Crippen LogP contribution is -2.42. The number of fused-ring (bicyclic) bond motifs is 14. The molecule has 3 spiro atoms. The van der Waals surface area contributed by atoms with E-state index in [1.807, 2.05) is 36.4 Å². The average Bonchev–Trinajstić information content (AvgIpc) is 0.751. The van der Waals surface area contributed by atoms with E-state index in [4.69, 9.17) is 69.0 Å². The third kappa shape index (κ3) is 11.6. The number of nitrogens with two attached hydrogens (primary N) is 3. The Bertz CT molecular complexity index is 4280. The Kier molecular flexibility index (Phi) is 17.4. The van der Waals surface area contributed by atoms with Crippen LogP contribution >= 0.6 is 63.7 Å². The molecule has 0 fully saturated rings. The normalized spacial score (nSPS) is 19.4. The number of ether oxygens (including phenoxy) is 10. The van der Waals surface area contributed by atoms with Crippen molar-refractivity contribution >= 4 is 103 Å². The highest BCUT2D eigenvalue weighted by Gasteiger charge is 2.49. The molecule has 26 heteroatoms. The zero-order chi connectivity index (χ0) is 64.3. The van der Waals surface area contributed by atoms with Gasteiger partial charge in [0.15, 0.2) is 46.1 Å². The molecule has 0 amide bonds. The van der Waals surface area contributed by atoms with Crippen molar-refractivity contribution in [3.8, 4) is 57.5 Å². The molecule has 91 heavy (non-hydrogen) atoms. The van der Waals surface area contributed by atoms with Crippen molar-refractivity contribution in [2.75, 3.05) is 68.1 Å². The largest absolute Gasteiger partial charge is 0.497 e. The first kappa shape index (κ1) is 62.9. The molecule has 18 nitrogen and oxygen atoms in total. The molecule has 1 unspecified atom stereocenters. The van der Waals surface area contributed by atoms with Crippen LogP contribution in [0.1, 0.15) is 33.4 Å². The SMILES string of the molecule is COc1cc(F)c2c(c1)C1(COCC(N)=N1)c1cc(Br)ccc1O2.COc1cc(F)c2c(c1)[C@@]1(COCC(N)=N1)c1cc(Br)ccc1O2.COc1cc(F)c2c(c1)[C@]1(COCC(N)=N1)c1cc(Br)ccc1O2.COc1cc(F)c2oc3ccc(Br)cc3c(=O)c2c1. The van der Waals surface area contributed by atoms with E-state index < -0.39 is 39.9 Å². The maximum absolute atomic E-state index is 14.6. The van der Waals surface area contributed by atoms with Crippen LogP contribution in [-0.4, -0.2) is 85.6 Å². The first-order valence-electron chi connectivity index (χ1n) is 27.4. The quantitative estimate of drug-likeness (QED) is 0.110. The predicted molar refractivity (Wildman–Crippen MR) is 345 cm³/mol. The molecule has 1 aromatic heterocycles. The van der Waals surface area contributed by atoms with Crippen LogP contribution in [0, 0.1) is 23.3 Å². The summed E-state index contributed by atoms with van der Waals surface area (Å²) >= 11 is 13.7. The van der Waals surface area contributed by atoms with E-state index in [1.54, 1.807) is 54.6 Å². The Morgan fingerprint density at radius 1 is 0.418 bits per heavy atom. The molecule has 15 rings (SSSR count). The van der Waals surface area contributed by atoms with Crippen LogP contribution in [0.3, 0.4) is 0 Å². The summed E-state index contributed by atoms with van der Waals surface area (Å²) < 4.78 is 121. The summed E-state index contributed by atoms with van der Waals surface area (Å²) in [6.07, 6.45) is 0. The van der Waals surface area contributed by atoms with Gasteiger partial charge in [0.05, 0.1) is 59.0 Å². The first-order valence-corrected chi connectivity index (χ1v) is 30.6. The van der Waals surface area contributed by atoms with Crippen LogP contribution < -0.4 is 55.8 Å². The number of amidine groups is 3. The van der Waals surface area contributed by atoms with Crippen LogP contribution in [0.15, 0.2) is 163 Å². The molecule has 3 atom stereocenters. The summed E-state index contributed by atoms with van der Waals surface area (Å²) in [5, 5.41) is 0.567. The molecule has 0 radical (unpaired) electrons. The predicted octanol–water partition coefficient (Wildman–Crippen LogP) is 13.9. The van der Waals surface area contributed by atoms with Crippen molar-refractivity contribution in [1.29, 1.82) is 0 Å². The topological polar surface area (TPSA) is 238 Å². The van der Waals surface area contributed by atoms with E-state index in [-0.39, 0.29) is 79.0 Å². The van der Waals surface area contributed by atoms with Gasteiger partial charge >= 0.3 is 0 Å². The third-order valence-corrected chi connectivity index (χ3v) is 17.4. The number of aliphatic imine (C=N–C) groups is 3. The number of rotatable bonds is 4. The Hall–Kier alpha value is -8.24. The molecule has 7 heterocycles. The van der Waals surface area contributed by atoms with Gasteiger partial charge in [-0.15, -0.1) is 0 Å². The van der Waals surface area contributed by atoms with E-state index >= 15 is 0 Å². The molecule has 0 saturated heterocycles. The zero-order valence-electron chi connectivity index (χ0n) is 48.3. The minimum atomic E-state index is -0.968. The molecule has 6 aliphatic rings. The molecular weight excluding hydrogens is 1450 g/mol. The van der Waals surface area contributed by atoms with Gasteiger partial charge in [-0.25, -0.2) is 17.6 Å². The van der Waals surface area contributed by atoms with Crippen LogP contribution in [0.4, 0.5) is 17.6 Å². The van der Waals surface area contributed by atoms with E-state index in [9.17, 15) is 22.4 Å². The van der Waals surface area contributed by atoms with Crippen molar-refractivity contribution in [2.24, 2.45) is 32.2 Å². The van der Waals surface area contributed by atoms with Gasteiger partial charge in [-0.2, -0.15) is 0 Å². The highest BCUT2D eigenvalue weighted by atomic mass is 79.9. The third-order valence-electron chi connectivity index (χ3n) is 15.5. The summed E-state index contributed by atoms with van der Waals surface area (Å²) in [5.41, 5.74) is 18.9. The fraction of sp³-hybridized carbons (Fsp3) is 0.200. The van der Waals surface area contributed by atoms with Gasteiger partial charge in [0.1, 0.15) is 99.8 Å². The van der Waals surface area contributed by atoms with Gasteiger partial charge in [-0.05, 0) is 97.1 Å². The fourth-order valence-electron chi connectivity index (χ4n) is 11.4. The van der Waals surface area contributed by atoms with Crippen molar-refractivity contribution in [3.05, 3.63) is 206 Å². The average molecular weight is 1500 g/mol. The van der Waals surface area contributed by atoms with Crippen molar-refractivity contribution < 1.29 is 69.3 Å². The second kappa shape index (κ2) is 25.1. The first-order chi connectivity index (χ1) is 43.7. The summed E-state index contributed by atoms with van der Waals surface area (Å²) in [7, 11) is 5.87. The van der Waals surface area contributed by atoms with Crippen molar-refractivity contribution in [2.45, 2.75) is 16.6 Å². The Balaban J connectivity index is 0.000000118. The van der Waals surface area contributed by atoms with E-state index in [0.717, 1.165) is 34.6 Å². The van der Waals surface area contributed by atoms with Gasteiger partial charge in [-0.3, -0.25) is 19.8 Å². The summed E-state index contributed by atoms with van der Waals surface area (Å²) in [6, 6.07) is 33.2. The van der Waals surface area contributed by atoms with Gasteiger partial charge in [-0.1, -0.05) is 63.7 Å². The lowest BCUT2D eigenvalue weighted by molar-refractivity contribution is 0.109. The number of halogens is 8. The molecule has 0 aliphatic carbocycles. The van der Waals surface area contributed by atoms with Gasteiger partial charge < -0.3 is 69.0 Å². The highest BCUT2D eigenvalue weighted by Crippen LogP contribution is 2.56. The number of nitrogens with zero attached hydrogens (tertiary/aromatic N) is 3. The summed E-state index contributed by atoms with van der Waals surface area (Å²) in [4.78, 5) is 26.3.